The SMILES string of the molecule is Cc1cc(C2C(=O)NC(=O)C2Br)ccc1Br. The van der Waals surface area contributed by atoms with Crippen LogP contribution in [0.15, 0.2) is 22.7 Å². The van der Waals surface area contributed by atoms with Crippen molar-refractivity contribution in [3.63, 3.8) is 0 Å². The van der Waals surface area contributed by atoms with E-state index in [2.05, 4.69) is 37.2 Å². The zero-order chi connectivity index (χ0) is 11.9. The Morgan fingerprint density at radius 2 is 1.94 bits per heavy atom. The minimum atomic E-state index is -0.472. The van der Waals surface area contributed by atoms with Crippen molar-refractivity contribution in [2.45, 2.75) is 17.7 Å². The highest BCUT2D eigenvalue weighted by atomic mass is 79.9. The molecule has 1 aromatic rings. The van der Waals surface area contributed by atoms with Gasteiger partial charge in [-0.2, -0.15) is 0 Å². The fraction of sp³-hybridized carbons (Fsp3) is 0.273. The van der Waals surface area contributed by atoms with E-state index in [-0.39, 0.29) is 11.8 Å². The van der Waals surface area contributed by atoms with Crippen LogP contribution in [0.5, 0.6) is 0 Å². The fourth-order valence-electron chi connectivity index (χ4n) is 1.73. The zero-order valence-electron chi connectivity index (χ0n) is 8.46. The summed E-state index contributed by atoms with van der Waals surface area (Å²) in [6, 6.07) is 5.66. The van der Waals surface area contributed by atoms with Gasteiger partial charge in [-0.05, 0) is 24.1 Å². The van der Waals surface area contributed by atoms with Crippen molar-refractivity contribution in [3.05, 3.63) is 33.8 Å². The number of aryl methyl sites for hydroxylation is 1. The minimum absolute atomic E-state index is 0.242. The zero-order valence-corrected chi connectivity index (χ0v) is 11.6. The average Bonchev–Trinajstić information content (AvgIpc) is 2.47. The highest BCUT2D eigenvalue weighted by molar-refractivity contribution is 9.10. The number of hydrogen-bond acceptors (Lipinski definition) is 2. The van der Waals surface area contributed by atoms with E-state index in [0.29, 0.717) is 0 Å². The lowest BCUT2D eigenvalue weighted by Gasteiger charge is -2.11. The van der Waals surface area contributed by atoms with E-state index in [4.69, 9.17) is 0 Å². The number of nitrogens with one attached hydrogen (secondary N) is 1. The molecule has 0 radical (unpaired) electrons. The van der Waals surface area contributed by atoms with Gasteiger partial charge in [0.25, 0.3) is 0 Å². The Morgan fingerprint density at radius 3 is 2.44 bits per heavy atom. The van der Waals surface area contributed by atoms with E-state index in [1.54, 1.807) is 0 Å². The molecule has 0 bridgehead atoms. The van der Waals surface area contributed by atoms with Gasteiger partial charge in [-0.1, -0.05) is 44.0 Å². The van der Waals surface area contributed by atoms with Gasteiger partial charge in [0.15, 0.2) is 0 Å². The summed E-state index contributed by atoms with van der Waals surface area (Å²) in [5, 5.41) is 2.31. The van der Waals surface area contributed by atoms with E-state index in [1.807, 2.05) is 25.1 Å². The Balaban J connectivity index is 2.40. The number of carbonyl (C=O) groups is 2. The third kappa shape index (κ3) is 1.94. The molecule has 84 valence electrons. The first kappa shape index (κ1) is 11.8. The first-order chi connectivity index (χ1) is 7.50. The van der Waals surface area contributed by atoms with E-state index in [1.165, 1.54) is 0 Å². The number of hydrogen-bond donors (Lipinski definition) is 1. The number of rotatable bonds is 1. The summed E-state index contributed by atoms with van der Waals surface area (Å²) in [6.07, 6.45) is 0. The largest absolute Gasteiger partial charge is 0.295 e. The van der Waals surface area contributed by atoms with Crippen LogP contribution in [0.4, 0.5) is 0 Å². The molecule has 5 heteroatoms. The third-order valence-corrected chi connectivity index (χ3v) is 4.45. The molecule has 3 nitrogen and oxygen atoms in total. The highest BCUT2D eigenvalue weighted by Gasteiger charge is 2.40. The van der Waals surface area contributed by atoms with Crippen molar-refractivity contribution in [1.29, 1.82) is 0 Å². The van der Waals surface area contributed by atoms with Crippen LogP contribution >= 0.6 is 31.9 Å². The van der Waals surface area contributed by atoms with Crippen molar-refractivity contribution in [1.82, 2.24) is 5.32 Å². The van der Waals surface area contributed by atoms with Gasteiger partial charge in [-0.15, -0.1) is 0 Å². The molecule has 1 fully saturated rings. The van der Waals surface area contributed by atoms with Crippen LogP contribution in [0.3, 0.4) is 0 Å². The summed E-state index contributed by atoms with van der Waals surface area (Å²) >= 11 is 6.65. The van der Waals surface area contributed by atoms with E-state index in [9.17, 15) is 9.59 Å². The van der Waals surface area contributed by atoms with Gasteiger partial charge in [-0.3, -0.25) is 14.9 Å². The second kappa shape index (κ2) is 4.30. The molecular formula is C11H9Br2NO2. The molecule has 16 heavy (non-hydrogen) atoms. The molecule has 1 heterocycles. The second-order valence-corrected chi connectivity index (χ2v) is 5.58. The summed E-state index contributed by atoms with van der Waals surface area (Å²) < 4.78 is 0.993. The fourth-order valence-corrected chi connectivity index (χ4v) is 2.64. The van der Waals surface area contributed by atoms with Crippen LogP contribution in [0.1, 0.15) is 17.0 Å². The molecule has 0 aromatic heterocycles. The van der Waals surface area contributed by atoms with Crippen molar-refractivity contribution < 1.29 is 9.59 Å². The van der Waals surface area contributed by atoms with Gasteiger partial charge in [-0.25, -0.2) is 0 Å². The third-order valence-electron chi connectivity index (χ3n) is 2.61. The van der Waals surface area contributed by atoms with E-state index in [0.717, 1.165) is 15.6 Å². The molecule has 0 aliphatic carbocycles. The Hall–Kier alpha value is -0.680. The van der Waals surface area contributed by atoms with Crippen molar-refractivity contribution in [2.75, 3.05) is 0 Å². The van der Waals surface area contributed by atoms with E-state index >= 15 is 0 Å². The van der Waals surface area contributed by atoms with Crippen molar-refractivity contribution in [3.8, 4) is 0 Å². The molecule has 1 N–H and O–H groups in total. The van der Waals surface area contributed by atoms with Crippen LogP contribution in [0.2, 0.25) is 0 Å². The van der Waals surface area contributed by atoms with Crippen LogP contribution in [0, 0.1) is 6.92 Å². The lowest BCUT2D eigenvalue weighted by atomic mass is 9.96. The Kier molecular flexibility index (Phi) is 3.17. The van der Waals surface area contributed by atoms with Crippen molar-refractivity contribution in [2.24, 2.45) is 0 Å². The molecule has 2 rings (SSSR count). The number of imide groups is 1. The van der Waals surface area contributed by atoms with E-state index < -0.39 is 10.7 Å². The topological polar surface area (TPSA) is 46.2 Å². The molecule has 1 aliphatic heterocycles. The smallest absolute Gasteiger partial charge is 0.241 e. The number of carbonyl (C=O) groups excluding carboxylic acids is 2. The second-order valence-electron chi connectivity index (χ2n) is 3.74. The first-order valence-corrected chi connectivity index (χ1v) is 6.46. The molecule has 1 aromatic carbocycles. The average molecular weight is 347 g/mol. The predicted molar refractivity (Wildman–Crippen MR) is 67.5 cm³/mol. The molecular weight excluding hydrogens is 338 g/mol. The van der Waals surface area contributed by atoms with Crippen LogP contribution in [-0.4, -0.2) is 16.6 Å². The molecule has 2 unspecified atom stereocenters. The molecule has 1 aliphatic rings. The number of benzene rings is 1. The maximum atomic E-state index is 11.6. The summed E-state index contributed by atoms with van der Waals surface area (Å²) in [4.78, 5) is 22.5. The van der Waals surface area contributed by atoms with Gasteiger partial charge < -0.3 is 0 Å². The quantitative estimate of drug-likeness (QED) is 0.626. The number of amides is 2. The predicted octanol–water partition coefficient (Wildman–Crippen LogP) is 2.26. The van der Waals surface area contributed by atoms with Gasteiger partial charge in [0.1, 0.15) is 4.83 Å². The summed E-state index contributed by atoms with van der Waals surface area (Å²) in [7, 11) is 0. The monoisotopic (exact) mass is 345 g/mol. The Morgan fingerprint density at radius 1 is 1.25 bits per heavy atom. The Bertz CT molecular complexity index is 473. The molecule has 2 amide bonds. The molecule has 1 saturated heterocycles. The molecule has 2 atom stereocenters. The van der Waals surface area contributed by atoms with Crippen molar-refractivity contribution >= 4 is 43.7 Å². The van der Waals surface area contributed by atoms with Crippen LogP contribution in [0.25, 0.3) is 0 Å². The number of halogens is 2. The van der Waals surface area contributed by atoms with Crippen LogP contribution < -0.4 is 5.32 Å². The van der Waals surface area contributed by atoms with Gasteiger partial charge >= 0.3 is 0 Å². The summed E-state index contributed by atoms with van der Waals surface area (Å²) in [6.45, 7) is 1.95. The van der Waals surface area contributed by atoms with Crippen LogP contribution in [-0.2, 0) is 9.59 Å². The summed E-state index contributed by atoms with van der Waals surface area (Å²) in [5.74, 6) is -0.941. The minimum Gasteiger partial charge on any atom is -0.295 e. The first-order valence-electron chi connectivity index (χ1n) is 4.75. The molecule has 0 spiro atoms. The highest BCUT2D eigenvalue weighted by Crippen LogP contribution is 2.31. The van der Waals surface area contributed by atoms with Gasteiger partial charge in [0, 0.05) is 4.47 Å². The molecule has 0 saturated carbocycles. The standard InChI is InChI=1S/C11H9Br2NO2/c1-5-4-6(2-3-7(5)12)8-9(13)11(16)14-10(8)15/h2-4,8-9H,1H3,(H,14,15,16). The van der Waals surface area contributed by atoms with Gasteiger partial charge in [0.05, 0.1) is 5.92 Å². The summed E-state index contributed by atoms with van der Waals surface area (Å²) in [5.41, 5.74) is 1.90. The lowest BCUT2D eigenvalue weighted by molar-refractivity contribution is -0.125. The maximum absolute atomic E-state index is 11.6. The maximum Gasteiger partial charge on any atom is 0.241 e. The number of alkyl halides is 1. The Labute approximate surface area is 110 Å². The van der Waals surface area contributed by atoms with Gasteiger partial charge in [0.2, 0.25) is 11.8 Å². The lowest BCUT2D eigenvalue weighted by Crippen LogP contribution is -2.22. The normalized spacial score (nSPS) is 24.7.